The maximum Gasteiger partial charge on any atom is 0.391 e. The standard InChI is InChI=1S/C16H22F3NO/c1-21-15-8-2-12(3-9-15)10-11-20-14-6-4-13(5-7-14)16(17,18)19/h2-3,8-9,13-14,20H,4-7,10-11H2,1H3. The summed E-state index contributed by atoms with van der Waals surface area (Å²) >= 11 is 0. The minimum absolute atomic E-state index is 0.224. The van der Waals surface area contributed by atoms with E-state index >= 15 is 0 Å². The first-order valence-corrected chi connectivity index (χ1v) is 7.42. The fourth-order valence-corrected chi connectivity index (χ4v) is 2.84. The van der Waals surface area contributed by atoms with Crippen LogP contribution in [0.15, 0.2) is 24.3 Å². The molecule has 0 radical (unpaired) electrons. The molecule has 1 saturated carbocycles. The molecule has 1 aliphatic rings. The molecule has 1 aromatic carbocycles. The van der Waals surface area contributed by atoms with Gasteiger partial charge in [-0.25, -0.2) is 0 Å². The van der Waals surface area contributed by atoms with Crippen LogP contribution in [0.2, 0.25) is 0 Å². The van der Waals surface area contributed by atoms with Gasteiger partial charge in [-0.1, -0.05) is 12.1 Å². The topological polar surface area (TPSA) is 21.3 Å². The number of halogens is 3. The van der Waals surface area contributed by atoms with E-state index in [-0.39, 0.29) is 18.9 Å². The molecule has 118 valence electrons. The lowest BCUT2D eigenvalue weighted by Crippen LogP contribution is -2.37. The summed E-state index contributed by atoms with van der Waals surface area (Å²) in [7, 11) is 1.63. The summed E-state index contributed by atoms with van der Waals surface area (Å²) in [5, 5.41) is 3.37. The zero-order valence-corrected chi connectivity index (χ0v) is 12.2. The predicted octanol–water partition coefficient (Wildman–Crippen LogP) is 3.95. The molecule has 0 spiro atoms. The third-order valence-corrected chi connectivity index (χ3v) is 4.20. The number of hydrogen-bond acceptors (Lipinski definition) is 2. The van der Waals surface area contributed by atoms with Crippen molar-refractivity contribution in [2.24, 2.45) is 5.92 Å². The average molecular weight is 301 g/mol. The summed E-state index contributed by atoms with van der Waals surface area (Å²) in [4.78, 5) is 0. The van der Waals surface area contributed by atoms with E-state index in [1.807, 2.05) is 24.3 Å². The van der Waals surface area contributed by atoms with Gasteiger partial charge in [0.05, 0.1) is 13.0 Å². The van der Waals surface area contributed by atoms with Crippen molar-refractivity contribution >= 4 is 0 Å². The lowest BCUT2D eigenvalue weighted by Gasteiger charge is -2.30. The minimum Gasteiger partial charge on any atom is -0.497 e. The number of ether oxygens (including phenoxy) is 1. The molecule has 2 rings (SSSR count). The van der Waals surface area contributed by atoms with Crippen LogP contribution in [0.25, 0.3) is 0 Å². The molecule has 0 amide bonds. The van der Waals surface area contributed by atoms with Gasteiger partial charge in [0.2, 0.25) is 0 Å². The van der Waals surface area contributed by atoms with Gasteiger partial charge < -0.3 is 10.1 Å². The number of benzene rings is 1. The first-order chi connectivity index (χ1) is 9.99. The second kappa shape index (κ2) is 7.16. The monoisotopic (exact) mass is 301 g/mol. The molecule has 0 atom stereocenters. The maximum absolute atomic E-state index is 12.6. The Labute approximate surface area is 123 Å². The number of hydrogen-bond donors (Lipinski definition) is 1. The van der Waals surface area contributed by atoms with E-state index in [1.54, 1.807) is 7.11 Å². The van der Waals surface area contributed by atoms with Crippen LogP contribution in [0.3, 0.4) is 0 Å². The van der Waals surface area contributed by atoms with Crippen LogP contribution in [0.1, 0.15) is 31.2 Å². The Kier molecular flexibility index (Phi) is 5.51. The van der Waals surface area contributed by atoms with Crippen LogP contribution in [-0.4, -0.2) is 25.9 Å². The zero-order valence-electron chi connectivity index (χ0n) is 12.2. The highest BCUT2D eigenvalue weighted by Gasteiger charge is 2.41. The molecule has 0 aliphatic heterocycles. The van der Waals surface area contributed by atoms with Crippen LogP contribution >= 0.6 is 0 Å². The van der Waals surface area contributed by atoms with Crippen molar-refractivity contribution in [3.63, 3.8) is 0 Å². The highest BCUT2D eigenvalue weighted by molar-refractivity contribution is 5.27. The van der Waals surface area contributed by atoms with Crippen LogP contribution in [-0.2, 0) is 6.42 Å². The second-order valence-corrected chi connectivity index (χ2v) is 5.64. The molecule has 0 bridgehead atoms. The molecule has 1 aliphatic carbocycles. The Morgan fingerprint density at radius 3 is 2.24 bits per heavy atom. The van der Waals surface area contributed by atoms with E-state index in [2.05, 4.69) is 5.32 Å². The van der Waals surface area contributed by atoms with Gasteiger partial charge in [-0.3, -0.25) is 0 Å². The van der Waals surface area contributed by atoms with Crippen molar-refractivity contribution in [1.29, 1.82) is 0 Å². The van der Waals surface area contributed by atoms with Gasteiger partial charge in [0, 0.05) is 6.04 Å². The minimum atomic E-state index is -4.02. The number of rotatable bonds is 5. The Balaban J connectivity index is 1.68. The summed E-state index contributed by atoms with van der Waals surface area (Å²) in [6.45, 7) is 0.799. The summed E-state index contributed by atoms with van der Waals surface area (Å²) in [5.41, 5.74) is 1.20. The average Bonchev–Trinajstić information content (AvgIpc) is 2.47. The van der Waals surface area contributed by atoms with Gasteiger partial charge in [-0.15, -0.1) is 0 Å². The lowest BCUT2D eigenvalue weighted by atomic mass is 9.85. The molecule has 0 aromatic heterocycles. The molecule has 0 heterocycles. The van der Waals surface area contributed by atoms with Crippen molar-refractivity contribution in [2.45, 2.75) is 44.3 Å². The molecule has 21 heavy (non-hydrogen) atoms. The summed E-state index contributed by atoms with van der Waals surface area (Å²) in [6.07, 6.45) is -1.40. The molecule has 2 nitrogen and oxygen atoms in total. The molecule has 0 saturated heterocycles. The molecular weight excluding hydrogens is 279 g/mol. The van der Waals surface area contributed by atoms with Gasteiger partial charge in [0.1, 0.15) is 5.75 Å². The van der Waals surface area contributed by atoms with Gasteiger partial charge in [-0.2, -0.15) is 13.2 Å². The molecule has 1 aromatic rings. The number of alkyl halides is 3. The Hall–Kier alpha value is -1.23. The van der Waals surface area contributed by atoms with E-state index in [0.717, 1.165) is 18.7 Å². The fourth-order valence-electron chi connectivity index (χ4n) is 2.84. The fraction of sp³-hybridized carbons (Fsp3) is 0.625. The lowest BCUT2D eigenvalue weighted by molar-refractivity contribution is -0.182. The Bertz CT molecular complexity index is 422. The van der Waals surface area contributed by atoms with E-state index in [4.69, 9.17) is 4.74 Å². The predicted molar refractivity (Wildman–Crippen MR) is 76.5 cm³/mol. The third-order valence-electron chi connectivity index (χ3n) is 4.20. The molecule has 1 fully saturated rings. The van der Waals surface area contributed by atoms with E-state index in [9.17, 15) is 13.2 Å². The second-order valence-electron chi connectivity index (χ2n) is 5.64. The van der Waals surface area contributed by atoms with E-state index in [1.165, 1.54) is 5.56 Å². The largest absolute Gasteiger partial charge is 0.497 e. The van der Waals surface area contributed by atoms with Crippen LogP contribution < -0.4 is 10.1 Å². The molecule has 5 heteroatoms. The number of nitrogens with one attached hydrogen (secondary N) is 1. The normalized spacial score (nSPS) is 23.0. The maximum atomic E-state index is 12.6. The SMILES string of the molecule is COc1ccc(CCNC2CCC(C(F)(F)F)CC2)cc1. The Morgan fingerprint density at radius 1 is 1.10 bits per heavy atom. The van der Waals surface area contributed by atoms with Crippen molar-refractivity contribution in [1.82, 2.24) is 5.32 Å². The third kappa shape index (κ3) is 4.92. The van der Waals surface area contributed by atoms with Gasteiger partial charge >= 0.3 is 6.18 Å². The van der Waals surface area contributed by atoms with Crippen molar-refractivity contribution in [2.75, 3.05) is 13.7 Å². The Morgan fingerprint density at radius 2 is 1.71 bits per heavy atom. The van der Waals surface area contributed by atoms with Gasteiger partial charge in [-0.05, 0) is 56.3 Å². The zero-order chi connectivity index (χ0) is 15.3. The van der Waals surface area contributed by atoms with Gasteiger partial charge in [0.25, 0.3) is 0 Å². The van der Waals surface area contributed by atoms with Crippen LogP contribution in [0.4, 0.5) is 13.2 Å². The highest BCUT2D eigenvalue weighted by Crippen LogP contribution is 2.37. The van der Waals surface area contributed by atoms with E-state index < -0.39 is 12.1 Å². The van der Waals surface area contributed by atoms with E-state index in [0.29, 0.717) is 12.8 Å². The van der Waals surface area contributed by atoms with Crippen molar-refractivity contribution in [3.8, 4) is 5.75 Å². The first-order valence-electron chi connectivity index (χ1n) is 7.42. The highest BCUT2D eigenvalue weighted by atomic mass is 19.4. The van der Waals surface area contributed by atoms with Gasteiger partial charge in [0.15, 0.2) is 0 Å². The van der Waals surface area contributed by atoms with Crippen molar-refractivity contribution < 1.29 is 17.9 Å². The quantitative estimate of drug-likeness (QED) is 0.889. The summed E-state index contributed by atoms with van der Waals surface area (Å²) < 4.78 is 42.8. The van der Waals surface area contributed by atoms with Crippen LogP contribution in [0, 0.1) is 5.92 Å². The first kappa shape index (κ1) is 16.1. The summed E-state index contributed by atoms with van der Waals surface area (Å²) in [5.74, 6) is -0.269. The number of methoxy groups -OCH3 is 1. The molecule has 0 unspecified atom stereocenters. The smallest absolute Gasteiger partial charge is 0.391 e. The molecular formula is C16H22F3NO. The molecule has 1 N–H and O–H groups in total. The summed E-state index contributed by atoms with van der Waals surface area (Å²) in [6, 6.07) is 8.09. The van der Waals surface area contributed by atoms with Crippen LogP contribution in [0.5, 0.6) is 5.75 Å². The van der Waals surface area contributed by atoms with Crippen molar-refractivity contribution in [3.05, 3.63) is 29.8 Å².